The molecule has 0 fully saturated rings. The third-order valence-corrected chi connectivity index (χ3v) is 3.41. The van der Waals surface area contributed by atoms with Gasteiger partial charge in [0.05, 0.1) is 5.02 Å². The van der Waals surface area contributed by atoms with E-state index in [-0.39, 0.29) is 13.2 Å². The molecule has 0 spiro atoms. The Hall–Kier alpha value is -1.43. The van der Waals surface area contributed by atoms with Gasteiger partial charge in [-0.2, -0.15) is 0 Å². The second kappa shape index (κ2) is 7.54. The molecule has 0 aliphatic heterocycles. The van der Waals surface area contributed by atoms with Crippen LogP contribution in [0.4, 0.5) is 5.69 Å². The molecule has 1 unspecified atom stereocenters. The van der Waals surface area contributed by atoms with Crippen LogP contribution in [0.5, 0.6) is 11.5 Å². The zero-order valence-corrected chi connectivity index (χ0v) is 13.5. The van der Waals surface area contributed by atoms with Crippen molar-refractivity contribution >= 4 is 33.2 Å². The molecule has 0 saturated carbocycles. The van der Waals surface area contributed by atoms with E-state index in [1.165, 1.54) is 0 Å². The number of anilines is 1. The van der Waals surface area contributed by atoms with Crippen molar-refractivity contribution in [3.63, 3.8) is 0 Å². The Balaban J connectivity index is 1.80. The molecular formula is C15H15BrClNO3. The number of aliphatic hydroxyl groups is 1. The summed E-state index contributed by atoms with van der Waals surface area (Å²) >= 11 is 9.33. The number of halogens is 2. The maximum atomic E-state index is 9.85. The summed E-state index contributed by atoms with van der Waals surface area (Å²) in [6.07, 6.45) is -0.772. The molecule has 0 amide bonds. The molecule has 112 valence electrons. The van der Waals surface area contributed by atoms with E-state index in [1.807, 2.05) is 6.07 Å². The SMILES string of the molecule is Nc1cccc(OCC(O)COc2ccc(Br)cc2Cl)c1. The van der Waals surface area contributed by atoms with Crippen LogP contribution in [0, 0.1) is 0 Å². The van der Waals surface area contributed by atoms with Crippen LogP contribution in [0.3, 0.4) is 0 Å². The molecule has 0 aliphatic rings. The number of aliphatic hydroxyl groups excluding tert-OH is 1. The highest BCUT2D eigenvalue weighted by atomic mass is 79.9. The van der Waals surface area contributed by atoms with Gasteiger partial charge in [0.1, 0.15) is 30.8 Å². The molecule has 2 aromatic carbocycles. The molecule has 1 atom stereocenters. The molecule has 21 heavy (non-hydrogen) atoms. The summed E-state index contributed by atoms with van der Waals surface area (Å²) in [5.41, 5.74) is 6.25. The summed E-state index contributed by atoms with van der Waals surface area (Å²) in [5, 5.41) is 10.3. The van der Waals surface area contributed by atoms with Crippen molar-refractivity contribution in [2.75, 3.05) is 18.9 Å². The maximum absolute atomic E-state index is 9.85. The second-order valence-electron chi connectivity index (χ2n) is 4.42. The lowest BCUT2D eigenvalue weighted by atomic mass is 10.3. The van der Waals surface area contributed by atoms with E-state index in [2.05, 4.69) is 15.9 Å². The van der Waals surface area contributed by atoms with E-state index in [0.29, 0.717) is 22.2 Å². The van der Waals surface area contributed by atoms with Gasteiger partial charge in [0, 0.05) is 16.2 Å². The number of hydrogen-bond acceptors (Lipinski definition) is 4. The standard InChI is InChI=1S/C15H15BrClNO3/c16-10-4-5-15(14(17)6-10)21-9-12(19)8-20-13-3-1-2-11(18)7-13/h1-7,12,19H,8-9,18H2. The number of nitrogens with two attached hydrogens (primary N) is 1. The van der Waals surface area contributed by atoms with Gasteiger partial charge in [-0.3, -0.25) is 0 Å². The summed E-state index contributed by atoms with van der Waals surface area (Å²) in [6.45, 7) is 0.196. The lowest BCUT2D eigenvalue weighted by molar-refractivity contribution is 0.0627. The maximum Gasteiger partial charge on any atom is 0.138 e. The van der Waals surface area contributed by atoms with Gasteiger partial charge in [0.25, 0.3) is 0 Å². The van der Waals surface area contributed by atoms with Gasteiger partial charge in [-0.15, -0.1) is 0 Å². The Kier molecular flexibility index (Phi) is 5.73. The second-order valence-corrected chi connectivity index (χ2v) is 5.75. The van der Waals surface area contributed by atoms with E-state index in [0.717, 1.165) is 4.47 Å². The first-order chi connectivity index (χ1) is 10.0. The van der Waals surface area contributed by atoms with Gasteiger partial charge in [-0.1, -0.05) is 33.6 Å². The van der Waals surface area contributed by atoms with Gasteiger partial charge < -0.3 is 20.3 Å². The number of ether oxygens (including phenoxy) is 2. The lowest BCUT2D eigenvalue weighted by Gasteiger charge is -2.14. The van der Waals surface area contributed by atoms with Crippen molar-refractivity contribution in [2.24, 2.45) is 0 Å². The smallest absolute Gasteiger partial charge is 0.138 e. The van der Waals surface area contributed by atoms with Gasteiger partial charge in [-0.05, 0) is 30.3 Å². The third kappa shape index (κ3) is 5.12. The average Bonchev–Trinajstić information content (AvgIpc) is 2.44. The monoisotopic (exact) mass is 371 g/mol. The molecule has 4 nitrogen and oxygen atoms in total. The van der Waals surface area contributed by atoms with E-state index in [4.69, 9.17) is 26.8 Å². The summed E-state index contributed by atoms with van der Waals surface area (Å²) in [7, 11) is 0. The number of hydrogen-bond donors (Lipinski definition) is 2. The first kappa shape index (κ1) is 15.9. The fourth-order valence-electron chi connectivity index (χ4n) is 1.62. The zero-order chi connectivity index (χ0) is 15.2. The minimum absolute atomic E-state index is 0.0870. The number of nitrogen functional groups attached to an aromatic ring is 1. The van der Waals surface area contributed by atoms with Crippen LogP contribution < -0.4 is 15.2 Å². The lowest BCUT2D eigenvalue weighted by Crippen LogP contribution is -2.25. The Labute approximate surface area is 136 Å². The predicted molar refractivity (Wildman–Crippen MR) is 87.0 cm³/mol. The molecule has 2 aromatic rings. The highest BCUT2D eigenvalue weighted by Gasteiger charge is 2.09. The van der Waals surface area contributed by atoms with Crippen molar-refractivity contribution in [1.29, 1.82) is 0 Å². The normalized spacial score (nSPS) is 12.0. The van der Waals surface area contributed by atoms with Crippen LogP contribution in [0.1, 0.15) is 0 Å². The molecule has 0 radical (unpaired) electrons. The minimum atomic E-state index is -0.772. The van der Waals surface area contributed by atoms with Crippen LogP contribution in [0.2, 0.25) is 5.02 Å². The highest BCUT2D eigenvalue weighted by Crippen LogP contribution is 2.27. The van der Waals surface area contributed by atoms with Crippen molar-refractivity contribution < 1.29 is 14.6 Å². The Morgan fingerprint density at radius 1 is 1.14 bits per heavy atom. The van der Waals surface area contributed by atoms with Crippen LogP contribution >= 0.6 is 27.5 Å². The van der Waals surface area contributed by atoms with E-state index >= 15 is 0 Å². The summed E-state index contributed by atoms with van der Waals surface area (Å²) in [6, 6.07) is 12.3. The minimum Gasteiger partial charge on any atom is -0.491 e. The number of benzene rings is 2. The molecule has 3 N–H and O–H groups in total. The fourth-order valence-corrected chi connectivity index (χ4v) is 2.35. The quantitative estimate of drug-likeness (QED) is 0.762. The highest BCUT2D eigenvalue weighted by molar-refractivity contribution is 9.10. The average molecular weight is 373 g/mol. The molecular weight excluding hydrogens is 358 g/mol. The van der Waals surface area contributed by atoms with Gasteiger partial charge in [0.15, 0.2) is 0 Å². The van der Waals surface area contributed by atoms with Crippen molar-refractivity contribution in [3.8, 4) is 11.5 Å². The molecule has 0 saturated heterocycles. The Morgan fingerprint density at radius 3 is 2.62 bits per heavy atom. The third-order valence-electron chi connectivity index (χ3n) is 2.63. The summed E-state index contributed by atoms with van der Waals surface area (Å²) < 4.78 is 11.8. The Bertz CT molecular complexity index is 609. The first-order valence-electron chi connectivity index (χ1n) is 6.29. The van der Waals surface area contributed by atoms with Crippen molar-refractivity contribution in [1.82, 2.24) is 0 Å². The largest absolute Gasteiger partial charge is 0.491 e. The van der Waals surface area contributed by atoms with Gasteiger partial charge in [-0.25, -0.2) is 0 Å². The van der Waals surface area contributed by atoms with Crippen LogP contribution in [-0.4, -0.2) is 24.4 Å². The molecule has 0 aliphatic carbocycles. The van der Waals surface area contributed by atoms with Crippen molar-refractivity contribution in [3.05, 3.63) is 52.0 Å². The molecule has 0 heterocycles. The van der Waals surface area contributed by atoms with E-state index in [1.54, 1.807) is 36.4 Å². The molecule has 6 heteroatoms. The Morgan fingerprint density at radius 2 is 1.90 bits per heavy atom. The van der Waals surface area contributed by atoms with Crippen LogP contribution in [-0.2, 0) is 0 Å². The van der Waals surface area contributed by atoms with Crippen LogP contribution in [0.15, 0.2) is 46.9 Å². The predicted octanol–water partition coefficient (Wildman–Crippen LogP) is 3.50. The van der Waals surface area contributed by atoms with Gasteiger partial charge in [0.2, 0.25) is 0 Å². The summed E-state index contributed by atoms with van der Waals surface area (Å²) in [4.78, 5) is 0. The molecule has 0 bridgehead atoms. The van der Waals surface area contributed by atoms with Crippen molar-refractivity contribution in [2.45, 2.75) is 6.10 Å². The fraction of sp³-hybridized carbons (Fsp3) is 0.200. The molecule has 2 rings (SSSR count). The molecule has 0 aromatic heterocycles. The first-order valence-corrected chi connectivity index (χ1v) is 7.46. The summed E-state index contributed by atoms with van der Waals surface area (Å²) in [5.74, 6) is 1.12. The van der Waals surface area contributed by atoms with E-state index < -0.39 is 6.10 Å². The van der Waals surface area contributed by atoms with E-state index in [9.17, 15) is 5.11 Å². The number of rotatable bonds is 6. The van der Waals surface area contributed by atoms with Gasteiger partial charge >= 0.3 is 0 Å². The van der Waals surface area contributed by atoms with Crippen LogP contribution in [0.25, 0.3) is 0 Å². The topological polar surface area (TPSA) is 64.7 Å². The zero-order valence-electron chi connectivity index (χ0n) is 11.1.